The Bertz CT molecular complexity index is 484. The van der Waals surface area contributed by atoms with Crippen LogP contribution >= 0.6 is 0 Å². The molecule has 1 rings (SSSR count). The monoisotopic (exact) mass is 310 g/mol. The number of ether oxygens (including phenoxy) is 1. The lowest BCUT2D eigenvalue weighted by atomic mass is 9.95. The van der Waals surface area contributed by atoms with E-state index < -0.39 is 11.7 Å². The van der Waals surface area contributed by atoms with E-state index in [4.69, 9.17) is 4.74 Å². The zero-order chi connectivity index (χ0) is 16.8. The lowest BCUT2D eigenvalue weighted by Crippen LogP contribution is -2.38. The molecule has 1 atom stereocenters. The molecule has 0 aliphatic rings. The van der Waals surface area contributed by atoms with Crippen molar-refractivity contribution in [2.45, 2.75) is 40.2 Å². The summed E-state index contributed by atoms with van der Waals surface area (Å²) in [4.78, 5) is 11.7. The minimum atomic E-state index is -0.503. The van der Waals surface area contributed by atoms with Crippen molar-refractivity contribution < 1.29 is 13.9 Å². The van der Waals surface area contributed by atoms with Crippen molar-refractivity contribution in [3.63, 3.8) is 0 Å². The van der Waals surface area contributed by atoms with Crippen LogP contribution in [-0.2, 0) is 4.74 Å². The quantitative estimate of drug-likeness (QED) is 0.834. The molecule has 0 aromatic heterocycles. The van der Waals surface area contributed by atoms with E-state index in [-0.39, 0.29) is 11.7 Å². The standard InChI is InChI=1S/C17H27FN2O2/c1-12(2)13(11-20-16(21)22-17(3,4)5)10-19-15-8-6-7-14(18)9-15/h6-9,12-13,19H,10-11H2,1-5H3,(H,20,21). The molecule has 0 heterocycles. The van der Waals surface area contributed by atoms with Gasteiger partial charge in [0.2, 0.25) is 0 Å². The van der Waals surface area contributed by atoms with Gasteiger partial charge in [0, 0.05) is 18.8 Å². The number of carbonyl (C=O) groups excluding carboxylic acids is 1. The van der Waals surface area contributed by atoms with Crippen LogP contribution in [0.2, 0.25) is 0 Å². The number of alkyl carbamates (subject to hydrolysis) is 1. The summed E-state index contributed by atoms with van der Waals surface area (Å²) in [7, 11) is 0. The minimum Gasteiger partial charge on any atom is -0.444 e. The lowest BCUT2D eigenvalue weighted by Gasteiger charge is -2.24. The predicted molar refractivity (Wildman–Crippen MR) is 87.5 cm³/mol. The van der Waals surface area contributed by atoms with Crippen molar-refractivity contribution in [2.24, 2.45) is 11.8 Å². The van der Waals surface area contributed by atoms with E-state index in [2.05, 4.69) is 24.5 Å². The normalized spacial score (nSPS) is 12.9. The van der Waals surface area contributed by atoms with Crippen LogP contribution < -0.4 is 10.6 Å². The molecule has 124 valence electrons. The first-order chi connectivity index (χ1) is 10.2. The maximum absolute atomic E-state index is 13.1. The Morgan fingerprint density at radius 2 is 1.95 bits per heavy atom. The van der Waals surface area contributed by atoms with E-state index in [9.17, 15) is 9.18 Å². The van der Waals surface area contributed by atoms with Gasteiger partial charge in [0.05, 0.1) is 0 Å². The van der Waals surface area contributed by atoms with Crippen LogP contribution in [0.25, 0.3) is 0 Å². The number of benzene rings is 1. The number of carbonyl (C=O) groups is 1. The molecule has 0 radical (unpaired) electrons. The highest BCUT2D eigenvalue weighted by molar-refractivity contribution is 5.67. The molecule has 4 nitrogen and oxygen atoms in total. The molecular weight excluding hydrogens is 283 g/mol. The Kier molecular flexibility index (Phi) is 6.65. The van der Waals surface area contributed by atoms with E-state index in [1.807, 2.05) is 26.8 Å². The number of rotatable bonds is 6. The molecule has 2 N–H and O–H groups in total. The Labute approximate surface area is 132 Å². The van der Waals surface area contributed by atoms with Crippen LogP contribution in [0.4, 0.5) is 14.9 Å². The fourth-order valence-electron chi connectivity index (χ4n) is 1.92. The van der Waals surface area contributed by atoms with Gasteiger partial charge in [-0.25, -0.2) is 9.18 Å². The Morgan fingerprint density at radius 1 is 1.27 bits per heavy atom. The molecule has 0 fully saturated rings. The first-order valence-corrected chi connectivity index (χ1v) is 7.63. The van der Waals surface area contributed by atoms with Gasteiger partial charge in [0.1, 0.15) is 11.4 Å². The summed E-state index contributed by atoms with van der Waals surface area (Å²) < 4.78 is 18.4. The predicted octanol–water partition coefficient (Wildman–Crippen LogP) is 4.03. The third-order valence-corrected chi connectivity index (χ3v) is 3.24. The SMILES string of the molecule is CC(C)C(CNC(=O)OC(C)(C)C)CNc1cccc(F)c1. The van der Waals surface area contributed by atoms with Crippen LogP contribution in [0.5, 0.6) is 0 Å². The van der Waals surface area contributed by atoms with Crippen LogP contribution in [0, 0.1) is 17.7 Å². The molecule has 0 aliphatic heterocycles. The van der Waals surface area contributed by atoms with E-state index in [1.54, 1.807) is 6.07 Å². The van der Waals surface area contributed by atoms with Crippen LogP contribution in [0.1, 0.15) is 34.6 Å². The summed E-state index contributed by atoms with van der Waals surface area (Å²) >= 11 is 0. The second-order valence-electron chi connectivity index (χ2n) is 6.78. The number of nitrogens with one attached hydrogen (secondary N) is 2. The van der Waals surface area contributed by atoms with Crippen molar-refractivity contribution in [3.05, 3.63) is 30.1 Å². The van der Waals surface area contributed by atoms with Gasteiger partial charge < -0.3 is 15.4 Å². The zero-order valence-electron chi connectivity index (χ0n) is 14.1. The molecule has 0 bridgehead atoms. The van der Waals surface area contributed by atoms with Crippen molar-refractivity contribution >= 4 is 11.8 Å². The molecule has 0 saturated heterocycles. The molecule has 0 aliphatic carbocycles. The highest BCUT2D eigenvalue weighted by atomic mass is 19.1. The number of amides is 1. The fraction of sp³-hybridized carbons (Fsp3) is 0.588. The average molecular weight is 310 g/mol. The maximum Gasteiger partial charge on any atom is 0.407 e. The molecule has 0 saturated carbocycles. The van der Waals surface area contributed by atoms with Crippen LogP contribution in [-0.4, -0.2) is 24.8 Å². The summed E-state index contributed by atoms with van der Waals surface area (Å²) in [5, 5.41) is 6.00. The molecular formula is C17H27FN2O2. The summed E-state index contributed by atoms with van der Waals surface area (Å²) in [5.41, 5.74) is 0.236. The van der Waals surface area contributed by atoms with E-state index in [0.717, 1.165) is 5.69 Å². The third-order valence-electron chi connectivity index (χ3n) is 3.24. The fourth-order valence-corrected chi connectivity index (χ4v) is 1.92. The van der Waals surface area contributed by atoms with E-state index in [0.29, 0.717) is 19.0 Å². The van der Waals surface area contributed by atoms with Crippen molar-refractivity contribution in [1.29, 1.82) is 0 Å². The van der Waals surface area contributed by atoms with Gasteiger partial charge >= 0.3 is 6.09 Å². The zero-order valence-corrected chi connectivity index (χ0v) is 14.1. The summed E-state index contributed by atoms with van der Waals surface area (Å²) in [5.74, 6) is 0.324. The Balaban J connectivity index is 2.47. The van der Waals surface area contributed by atoms with Gasteiger partial charge in [0.15, 0.2) is 0 Å². The van der Waals surface area contributed by atoms with Gasteiger partial charge in [-0.1, -0.05) is 19.9 Å². The maximum atomic E-state index is 13.1. The minimum absolute atomic E-state index is 0.218. The topological polar surface area (TPSA) is 50.4 Å². The van der Waals surface area contributed by atoms with Crippen molar-refractivity contribution in [2.75, 3.05) is 18.4 Å². The molecule has 1 amide bonds. The van der Waals surface area contributed by atoms with Crippen molar-refractivity contribution in [1.82, 2.24) is 5.32 Å². The molecule has 1 aromatic carbocycles. The molecule has 1 unspecified atom stereocenters. The average Bonchev–Trinajstić information content (AvgIpc) is 2.36. The number of halogens is 1. The number of hydrogen-bond acceptors (Lipinski definition) is 3. The molecule has 22 heavy (non-hydrogen) atoms. The Hall–Kier alpha value is -1.78. The second-order valence-corrected chi connectivity index (χ2v) is 6.78. The van der Waals surface area contributed by atoms with Crippen LogP contribution in [0.15, 0.2) is 24.3 Å². The first-order valence-electron chi connectivity index (χ1n) is 7.63. The van der Waals surface area contributed by atoms with Crippen LogP contribution in [0.3, 0.4) is 0 Å². The lowest BCUT2D eigenvalue weighted by molar-refractivity contribution is 0.0516. The summed E-state index contributed by atoms with van der Waals surface area (Å²) in [6, 6.07) is 6.36. The third kappa shape index (κ3) is 7.29. The molecule has 5 heteroatoms. The highest BCUT2D eigenvalue weighted by Gasteiger charge is 2.19. The van der Waals surface area contributed by atoms with Gasteiger partial charge in [-0.15, -0.1) is 0 Å². The smallest absolute Gasteiger partial charge is 0.407 e. The first kappa shape index (κ1) is 18.3. The van der Waals surface area contributed by atoms with Gasteiger partial charge in [0.25, 0.3) is 0 Å². The number of anilines is 1. The van der Waals surface area contributed by atoms with Gasteiger partial charge in [-0.2, -0.15) is 0 Å². The summed E-state index contributed by atoms with van der Waals surface area (Å²) in [6.45, 7) is 10.8. The molecule has 1 aromatic rings. The molecule has 0 spiro atoms. The van der Waals surface area contributed by atoms with E-state index >= 15 is 0 Å². The van der Waals surface area contributed by atoms with Gasteiger partial charge in [-0.05, 0) is 50.8 Å². The second kappa shape index (κ2) is 8.01. The number of hydrogen-bond donors (Lipinski definition) is 2. The highest BCUT2D eigenvalue weighted by Crippen LogP contribution is 2.14. The largest absolute Gasteiger partial charge is 0.444 e. The van der Waals surface area contributed by atoms with E-state index in [1.165, 1.54) is 12.1 Å². The van der Waals surface area contributed by atoms with Gasteiger partial charge in [-0.3, -0.25) is 0 Å². The summed E-state index contributed by atoms with van der Waals surface area (Å²) in [6.07, 6.45) is -0.413. The Morgan fingerprint density at radius 3 is 2.50 bits per heavy atom. The van der Waals surface area contributed by atoms with Crippen molar-refractivity contribution in [3.8, 4) is 0 Å².